The topological polar surface area (TPSA) is 95.7 Å². The van der Waals surface area contributed by atoms with Crippen molar-refractivity contribution in [3.8, 4) is 0 Å². The number of rotatable bonds is 3. The number of carbonyl (C=O) groups is 1. The van der Waals surface area contributed by atoms with E-state index in [9.17, 15) is 13.2 Å². The second-order valence-corrected chi connectivity index (χ2v) is 6.87. The largest absolute Gasteiger partial charge is 0.459 e. The summed E-state index contributed by atoms with van der Waals surface area (Å²) in [5, 5.41) is 4.89. The Morgan fingerprint density at radius 1 is 1.24 bits per heavy atom. The highest BCUT2D eigenvalue weighted by molar-refractivity contribution is 7.89. The lowest BCUT2D eigenvalue weighted by atomic mass is 10.1. The molecule has 1 fully saturated rings. The Bertz CT molecular complexity index is 656. The van der Waals surface area contributed by atoms with Gasteiger partial charge in [-0.2, -0.15) is 0 Å². The van der Waals surface area contributed by atoms with Crippen LogP contribution < -0.4 is 5.14 Å². The van der Waals surface area contributed by atoms with Gasteiger partial charge in [-0.25, -0.2) is 18.4 Å². The summed E-state index contributed by atoms with van der Waals surface area (Å²) in [5.74, 6) is -0.714. The summed E-state index contributed by atoms with van der Waals surface area (Å²) in [7, 11) is -4.06. The molecular formula is C12H13Cl2NO5S. The fourth-order valence-corrected chi connectivity index (χ4v) is 3.31. The Kier molecular flexibility index (Phi) is 5.11. The van der Waals surface area contributed by atoms with Gasteiger partial charge in [0.05, 0.1) is 28.8 Å². The number of nitrogens with two attached hydrogens (primary N) is 1. The monoisotopic (exact) mass is 353 g/mol. The molecule has 0 aromatic heterocycles. The smallest absolute Gasteiger partial charge is 0.339 e. The van der Waals surface area contributed by atoms with Crippen LogP contribution in [-0.4, -0.2) is 33.7 Å². The van der Waals surface area contributed by atoms with Crippen molar-refractivity contribution in [1.82, 2.24) is 0 Å². The first-order valence-corrected chi connectivity index (χ1v) is 8.40. The normalized spacial score (nSPS) is 16.7. The van der Waals surface area contributed by atoms with Gasteiger partial charge >= 0.3 is 5.97 Å². The Labute approximate surface area is 132 Å². The summed E-state index contributed by atoms with van der Waals surface area (Å²) >= 11 is 11.7. The molecule has 0 bridgehead atoms. The summed E-state index contributed by atoms with van der Waals surface area (Å²) in [6.45, 7) is 1.02. The van der Waals surface area contributed by atoms with E-state index in [0.717, 1.165) is 12.1 Å². The number of halogens is 2. The molecule has 1 aliphatic rings. The number of ether oxygens (including phenoxy) is 2. The summed E-state index contributed by atoms with van der Waals surface area (Å²) in [6, 6.07) is 2.19. The Morgan fingerprint density at radius 3 is 2.43 bits per heavy atom. The molecule has 2 rings (SSSR count). The SMILES string of the molecule is NS(=O)(=O)c1cc(C(=O)OC2CCOCC2)c(Cl)cc1Cl. The molecule has 9 heteroatoms. The highest BCUT2D eigenvalue weighted by Crippen LogP contribution is 2.29. The van der Waals surface area contributed by atoms with Crippen LogP contribution in [0.2, 0.25) is 10.0 Å². The van der Waals surface area contributed by atoms with Crippen LogP contribution in [0.4, 0.5) is 0 Å². The summed E-state index contributed by atoms with van der Waals surface area (Å²) in [6.07, 6.45) is 0.883. The zero-order valence-electron chi connectivity index (χ0n) is 10.8. The van der Waals surface area contributed by atoms with Crippen molar-refractivity contribution in [1.29, 1.82) is 0 Å². The maximum atomic E-state index is 12.1. The summed E-state index contributed by atoms with van der Waals surface area (Å²) < 4.78 is 33.3. The number of hydrogen-bond donors (Lipinski definition) is 1. The van der Waals surface area contributed by atoms with Crippen LogP contribution in [0.15, 0.2) is 17.0 Å². The van der Waals surface area contributed by atoms with Crippen LogP contribution in [0.25, 0.3) is 0 Å². The van der Waals surface area contributed by atoms with Gasteiger partial charge in [0.25, 0.3) is 0 Å². The van der Waals surface area contributed by atoms with Crippen molar-refractivity contribution in [3.05, 3.63) is 27.7 Å². The van der Waals surface area contributed by atoms with E-state index in [4.69, 9.17) is 37.8 Å². The average Bonchev–Trinajstić information content (AvgIpc) is 2.38. The van der Waals surface area contributed by atoms with Crippen molar-refractivity contribution in [2.24, 2.45) is 5.14 Å². The van der Waals surface area contributed by atoms with Gasteiger partial charge in [0.2, 0.25) is 10.0 Å². The van der Waals surface area contributed by atoms with Crippen LogP contribution in [0, 0.1) is 0 Å². The van der Waals surface area contributed by atoms with E-state index >= 15 is 0 Å². The number of benzene rings is 1. The number of carbonyl (C=O) groups excluding carboxylic acids is 1. The Hall–Kier alpha value is -0.860. The van der Waals surface area contributed by atoms with E-state index < -0.39 is 16.0 Å². The van der Waals surface area contributed by atoms with E-state index in [1.807, 2.05) is 0 Å². The van der Waals surface area contributed by atoms with E-state index in [1.54, 1.807) is 0 Å². The molecule has 0 unspecified atom stereocenters. The zero-order chi connectivity index (χ0) is 15.6. The minimum atomic E-state index is -4.06. The fourth-order valence-electron chi connectivity index (χ4n) is 1.91. The third-order valence-electron chi connectivity index (χ3n) is 2.99. The first kappa shape index (κ1) is 16.5. The summed E-state index contributed by atoms with van der Waals surface area (Å²) in [4.78, 5) is 11.7. The zero-order valence-corrected chi connectivity index (χ0v) is 13.2. The molecule has 1 aliphatic heterocycles. The molecule has 0 saturated carbocycles. The first-order valence-electron chi connectivity index (χ1n) is 6.09. The third-order valence-corrected chi connectivity index (χ3v) is 4.68. The molecule has 6 nitrogen and oxygen atoms in total. The van der Waals surface area contributed by atoms with Crippen LogP contribution in [0.1, 0.15) is 23.2 Å². The van der Waals surface area contributed by atoms with Gasteiger partial charge in [0.1, 0.15) is 11.0 Å². The summed E-state index contributed by atoms with van der Waals surface area (Å²) in [5.41, 5.74) is -0.0865. The van der Waals surface area contributed by atoms with Crippen molar-refractivity contribution < 1.29 is 22.7 Å². The van der Waals surface area contributed by atoms with Crippen molar-refractivity contribution in [3.63, 3.8) is 0 Å². The molecular weight excluding hydrogens is 341 g/mol. The van der Waals surface area contributed by atoms with Gasteiger partial charge in [0, 0.05) is 12.8 Å². The van der Waals surface area contributed by atoms with E-state index in [0.29, 0.717) is 26.1 Å². The van der Waals surface area contributed by atoms with Gasteiger partial charge in [0.15, 0.2) is 0 Å². The average molecular weight is 354 g/mol. The second-order valence-electron chi connectivity index (χ2n) is 4.52. The van der Waals surface area contributed by atoms with Crippen LogP contribution in [0.5, 0.6) is 0 Å². The molecule has 0 aliphatic carbocycles. The van der Waals surface area contributed by atoms with E-state index in [1.165, 1.54) is 0 Å². The molecule has 1 aromatic carbocycles. The van der Waals surface area contributed by atoms with Crippen LogP contribution >= 0.6 is 23.2 Å². The van der Waals surface area contributed by atoms with Gasteiger partial charge in [-0.3, -0.25) is 0 Å². The van der Waals surface area contributed by atoms with Gasteiger partial charge in [-0.1, -0.05) is 23.2 Å². The van der Waals surface area contributed by atoms with Gasteiger partial charge < -0.3 is 9.47 Å². The maximum Gasteiger partial charge on any atom is 0.339 e. The predicted molar refractivity (Wildman–Crippen MR) is 77.1 cm³/mol. The Balaban J connectivity index is 2.28. The van der Waals surface area contributed by atoms with Crippen LogP contribution in [0.3, 0.4) is 0 Å². The predicted octanol–water partition coefficient (Wildman–Crippen LogP) is 1.98. The molecule has 2 N–H and O–H groups in total. The quantitative estimate of drug-likeness (QED) is 0.838. The first-order chi connectivity index (χ1) is 9.79. The molecule has 1 aromatic rings. The standard InChI is InChI=1S/C12H13Cl2NO5S/c13-9-6-10(14)11(21(15,17)18)5-8(9)12(16)20-7-1-3-19-4-2-7/h5-7H,1-4H2,(H2,15,17,18). The van der Waals surface area contributed by atoms with Crippen molar-refractivity contribution in [2.75, 3.05) is 13.2 Å². The fraction of sp³-hybridized carbons (Fsp3) is 0.417. The Morgan fingerprint density at radius 2 is 1.86 bits per heavy atom. The lowest BCUT2D eigenvalue weighted by molar-refractivity contribution is -0.0159. The molecule has 0 atom stereocenters. The second kappa shape index (κ2) is 6.50. The minimum absolute atomic E-state index is 0.00413. The lowest BCUT2D eigenvalue weighted by Gasteiger charge is -2.22. The van der Waals surface area contributed by atoms with Gasteiger partial charge in [-0.15, -0.1) is 0 Å². The number of primary sulfonamides is 1. The highest BCUT2D eigenvalue weighted by atomic mass is 35.5. The van der Waals surface area contributed by atoms with E-state index in [2.05, 4.69) is 0 Å². The van der Waals surface area contributed by atoms with E-state index in [-0.39, 0.29) is 26.6 Å². The lowest BCUT2D eigenvalue weighted by Crippen LogP contribution is -2.26. The maximum absolute atomic E-state index is 12.1. The van der Waals surface area contributed by atoms with Gasteiger partial charge in [-0.05, 0) is 12.1 Å². The molecule has 0 radical (unpaired) electrons. The number of sulfonamides is 1. The molecule has 0 spiro atoms. The number of hydrogen-bond acceptors (Lipinski definition) is 5. The molecule has 0 amide bonds. The number of esters is 1. The third kappa shape index (κ3) is 4.08. The highest BCUT2D eigenvalue weighted by Gasteiger charge is 2.24. The molecule has 1 heterocycles. The van der Waals surface area contributed by atoms with Crippen molar-refractivity contribution >= 4 is 39.2 Å². The molecule has 1 saturated heterocycles. The van der Waals surface area contributed by atoms with Crippen LogP contribution in [-0.2, 0) is 19.5 Å². The molecule has 116 valence electrons. The van der Waals surface area contributed by atoms with Crippen molar-refractivity contribution in [2.45, 2.75) is 23.8 Å². The minimum Gasteiger partial charge on any atom is -0.459 e. The molecule has 21 heavy (non-hydrogen) atoms.